The molecule has 3 aromatic rings. The van der Waals surface area contributed by atoms with Gasteiger partial charge in [0.15, 0.2) is 5.76 Å². The van der Waals surface area contributed by atoms with Crippen molar-refractivity contribution >= 4 is 11.7 Å². The Kier molecular flexibility index (Phi) is 5.38. The van der Waals surface area contributed by atoms with Gasteiger partial charge in [-0.1, -0.05) is 6.07 Å². The summed E-state index contributed by atoms with van der Waals surface area (Å²) in [4.78, 5) is 16.4. The smallest absolute Gasteiger partial charge is 0.319 e. The zero-order valence-electron chi connectivity index (χ0n) is 14.5. The van der Waals surface area contributed by atoms with Crippen LogP contribution in [0.15, 0.2) is 59.3 Å². The molecule has 0 aliphatic rings. The van der Waals surface area contributed by atoms with Crippen molar-refractivity contribution in [3.63, 3.8) is 0 Å². The molecule has 0 aliphatic carbocycles. The molecule has 0 spiro atoms. The van der Waals surface area contributed by atoms with Crippen LogP contribution in [0.2, 0.25) is 0 Å². The van der Waals surface area contributed by atoms with Crippen molar-refractivity contribution in [2.24, 2.45) is 0 Å². The van der Waals surface area contributed by atoms with E-state index in [-0.39, 0.29) is 6.03 Å². The maximum atomic E-state index is 12.1. The highest BCUT2D eigenvalue weighted by Gasteiger charge is 2.09. The number of hydrogen-bond donors (Lipinski definition) is 2. The average molecular weight is 353 g/mol. The molecule has 0 saturated carbocycles. The Morgan fingerprint density at radius 3 is 2.69 bits per heavy atom. The van der Waals surface area contributed by atoms with E-state index >= 15 is 0 Å². The van der Waals surface area contributed by atoms with Gasteiger partial charge in [-0.25, -0.2) is 4.79 Å². The number of amides is 2. The van der Waals surface area contributed by atoms with Crippen LogP contribution in [-0.2, 0) is 6.54 Å². The monoisotopic (exact) mass is 353 g/mol. The molecule has 0 saturated heterocycles. The molecule has 7 nitrogen and oxygen atoms in total. The van der Waals surface area contributed by atoms with Gasteiger partial charge < -0.3 is 24.5 Å². The fourth-order valence-corrected chi connectivity index (χ4v) is 2.35. The maximum Gasteiger partial charge on any atom is 0.319 e. The second-order valence-electron chi connectivity index (χ2n) is 5.40. The molecule has 134 valence electrons. The van der Waals surface area contributed by atoms with Crippen molar-refractivity contribution in [2.75, 3.05) is 19.5 Å². The number of urea groups is 1. The fraction of sp³-hybridized carbons (Fsp3) is 0.158. The minimum Gasteiger partial charge on any atom is -0.497 e. The Morgan fingerprint density at radius 2 is 2.04 bits per heavy atom. The third-order valence-electron chi connectivity index (χ3n) is 3.71. The van der Waals surface area contributed by atoms with E-state index < -0.39 is 0 Å². The molecule has 0 bridgehead atoms. The van der Waals surface area contributed by atoms with Gasteiger partial charge in [0.2, 0.25) is 0 Å². The zero-order chi connectivity index (χ0) is 18.4. The van der Waals surface area contributed by atoms with Crippen LogP contribution in [-0.4, -0.2) is 25.2 Å². The first kappa shape index (κ1) is 17.3. The number of benzene rings is 1. The molecule has 2 heterocycles. The number of ether oxygens (including phenoxy) is 2. The van der Waals surface area contributed by atoms with E-state index in [2.05, 4.69) is 15.6 Å². The predicted molar refractivity (Wildman–Crippen MR) is 97.3 cm³/mol. The van der Waals surface area contributed by atoms with Crippen LogP contribution in [0.1, 0.15) is 5.56 Å². The lowest BCUT2D eigenvalue weighted by Crippen LogP contribution is -2.28. The van der Waals surface area contributed by atoms with Crippen molar-refractivity contribution in [3.8, 4) is 23.0 Å². The van der Waals surface area contributed by atoms with Crippen LogP contribution in [0.3, 0.4) is 0 Å². The number of hydrogen-bond acceptors (Lipinski definition) is 5. The molecule has 2 aromatic heterocycles. The second kappa shape index (κ2) is 8.06. The van der Waals surface area contributed by atoms with Crippen LogP contribution >= 0.6 is 0 Å². The van der Waals surface area contributed by atoms with Gasteiger partial charge in [-0.15, -0.1) is 0 Å². The van der Waals surface area contributed by atoms with E-state index in [1.807, 2.05) is 24.3 Å². The topological polar surface area (TPSA) is 85.6 Å². The highest BCUT2D eigenvalue weighted by molar-refractivity contribution is 5.91. The van der Waals surface area contributed by atoms with Gasteiger partial charge >= 0.3 is 6.03 Å². The minimum atomic E-state index is -0.344. The molecule has 7 heteroatoms. The first-order chi connectivity index (χ1) is 12.7. The normalized spacial score (nSPS) is 10.2. The van der Waals surface area contributed by atoms with Gasteiger partial charge in [0, 0.05) is 18.8 Å². The molecule has 0 aliphatic heterocycles. The Hall–Kier alpha value is -3.48. The molecule has 3 rings (SSSR count). The van der Waals surface area contributed by atoms with E-state index in [9.17, 15) is 4.79 Å². The number of nitrogens with one attached hydrogen (secondary N) is 2. The fourth-order valence-electron chi connectivity index (χ4n) is 2.35. The van der Waals surface area contributed by atoms with E-state index in [4.69, 9.17) is 13.9 Å². The van der Waals surface area contributed by atoms with Crippen molar-refractivity contribution in [1.82, 2.24) is 10.3 Å². The third kappa shape index (κ3) is 4.13. The number of pyridine rings is 1. The number of nitrogens with zero attached hydrogens (tertiary/aromatic N) is 1. The summed E-state index contributed by atoms with van der Waals surface area (Å²) in [5, 5.41) is 5.53. The standard InChI is InChI=1S/C19H19N3O4/c1-24-14-6-8-16(18(10-14)25-2)22-19(23)21-12-13-5-7-15(20-11-13)17-4-3-9-26-17/h3-11H,12H2,1-2H3,(H2,21,22,23). The molecule has 2 amide bonds. The SMILES string of the molecule is COc1ccc(NC(=O)NCc2ccc(-c3ccco3)nc2)c(OC)c1. The summed E-state index contributed by atoms with van der Waals surface area (Å²) < 4.78 is 15.7. The Labute approximate surface area is 151 Å². The number of furan rings is 1. The molecule has 26 heavy (non-hydrogen) atoms. The van der Waals surface area contributed by atoms with Gasteiger partial charge in [0.05, 0.1) is 26.2 Å². The molecular formula is C19H19N3O4. The van der Waals surface area contributed by atoms with E-state index in [0.717, 1.165) is 11.3 Å². The molecule has 0 atom stereocenters. The van der Waals surface area contributed by atoms with Crippen molar-refractivity contribution in [2.45, 2.75) is 6.54 Å². The molecule has 0 radical (unpaired) electrons. The van der Waals surface area contributed by atoms with Gasteiger partial charge in [0.25, 0.3) is 0 Å². The van der Waals surface area contributed by atoms with Crippen LogP contribution in [0.4, 0.5) is 10.5 Å². The largest absolute Gasteiger partial charge is 0.497 e. The summed E-state index contributed by atoms with van der Waals surface area (Å²) in [6.07, 6.45) is 3.30. The average Bonchev–Trinajstić information content (AvgIpc) is 3.22. The zero-order valence-corrected chi connectivity index (χ0v) is 14.5. The Balaban J connectivity index is 1.57. The van der Waals surface area contributed by atoms with Crippen molar-refractivity contribution in [3.05, 3.63) is 60.5 Å². The second-order valence-corrected chi connectivity index (χ2v) is 5.40. The first-order valence-electron chi connectivity index (χ1n) is 7.95. The number of aromatic nitrogens is 1. The van der Waals surface area contributed by atoms with E-state index in [0.29, 0.717) is 29.5 Å². The summed E-state index contributed by atoms with van der Waals surface area (Å²) in [5.41, 5.74) is 2.17. The summed E-state index contributed by atoms with van der Waals surface area (Å²) in [6.45, 7) is 0.343. The lowest BCUT2D eigenvalue weighted by Gasteiger charge is -2.12. The highest BCUT2D eigenvalue weighted by Crippen LogP contribution is 2.28. The van der Waals surface area contributed by atoms with Gasteiger partial charge in [0.1, 0.15) is 17.2 Å². The van der Waals surface area contributed by atoms with Crippen LogP contribution in [0.25, 0.3) is 11.5 Å². The molecule has 0 unspecified atom stereocenters. The minimum absolute atomic E-state index is 0.343. The molecular weight excluding hydrogens is 334 g/mol. The van der Waals surface area contributed by atoms with E-state index in [1.165, 1.54) is 7.11 Å². The number of methoxy groups -OCH3 is 2. The summed E-state index contributed by atoms with van der Waals surface area (Å²) in [6, 6.07) is 12.2. The number of carbonyl (C=O) groups excluding carboxylic acids is 1. The van der Waals surface area contributed by atoms with Crippen LogP contribution in [0.5, 0.6) is 11.5 Å². The van der Waals surface area contributed by atoms with E-state index in [1.54, 1.807) is 37.8 Å². The summed E-state index contributed by atoms with van der Waals surface area (Å²) in [5.74, 6) is 1.87. The quantitative estimate of drug-likeness (QED) is 0.706. The number of anilines is 1. The first-order valence-corrected chi connectivity index (χ1v) is 7.95. The lowest BCUT2D eigenvalue weighted by molar-refractivity contribution is 0.251. The number of rotatable bonds is 6. The lowest BCUT2D eigenvalue weighted by atomic mass is 10.2. The summed E-state index contributed by atoms with van der Waals surface area (Å²) in [7, 11) is 3.10. The van der Waals surface area contributed by atoms with Gasteiger partial charge in [-0.2, -0.15) is 0 Å². The number of carbonyl (C=O) groups is 1. The molecule has 0 fully saturated rings. The van der Waals surface area contributed by atoms with Crippen LogP contribution in [0, 0.1) is 0 Å². The Bertz CT molecular complexity index is 861. The van der Waals surface area contributed by atoms with Crippen LogP contribution < -0.4 is 20.1 Å². The highest BCUT2D eigenvalue weighted by atomic mass is 16.5. The molecule has 2 N–H and O–H groups in total. The van der Waals surface area contributed by atoms with Gasteiger partial charge in [-0.05, 0) is 35.9 Å². The summed E-state index contributed by atoms with van der Waals surface area (Å²) >= 11 is 0. The van der Waals surface area contributed by atoms with Crippen molar-refractivity contribution < 1.29 is 18.7 Å². The molecule has 1 aromatic carbocycles. The third-order valence-corrected chi connectivity index (χ3v) is 3.71. The maximum absolute atomic E-state index is 12.1. The van der Waals surface area contributed by atoms with Crippen molar-refractivity contribution in [1.29, 1.82) is 0 Å². The van der Waals surface area contributed by atoms with Gasteiger partial charge in [-0.3, -0.25) is 4.98 Å². The predicted octanol–water partition coefficient (Wildman–Crippen LogP) is 3.68. The Morgan fingerprint density at radius 1 is 1.15 bits per heavy atom.